The number of benzene rings is 15. The molecule has 0 atom stereocenters. The van der Waals surface area contributed by atoms with Crippen molar-refractivity contribution in [3.8, 4) is 0 Å². The highest BCUT2D eigenvalue weighted by molar-refractivity contribution is 6.50. The molecule has 12 amide bonds. The summed E-state index contributed by atoms with van der Waals surface area (Å²) >= 11 is 19.5. The standard InChI is InChI=1S/C76H27Cl3N6O12/c77-83-71(92)41-17-7-30-31-6-14-39-56-45(69(90)81-67(39)88)21-25(49(61(31)56)34-11-19-42(72(83)93)58(41)54(30)34)1-4-28-24-48-60-44(74(95)85(79)76(48)97)20-12-36-51-26(22-46-57-40(68(89)82-70(46)91)16-10-35(63(51)57)52(28)64(36)60)2-3-27-23-47-59-43(73(94)84(78)75(47)96)18-8-32-29-5-13-37-55-38(66(87)80-65(37)86)15-9-33(53(29)55)50(27)62(32)59/h1-24H,(H,80,86,87)(H,81,88,90)(H,82,89,91)/b3-2+,4-1+. The van der Waals surface area contributed by atoms with E-state index in [2.05, 4.69) is 16.0 Å². The molecule has 0 unspecified atom stereocenters. The molecule has 0 aromatic heterocycles. The van der Waals surface area contributed by atoms with Gasteiger partial charge in [-0.05, 0) is 192 Å². The van der Waals surface area contributed by atoms with E-state index in [0.29, 0.717) is 159 Å². The molecule has 15 aromatic rings. The smallest absolute Gasteiger partial charge is 0.276 e. The van der Waals surface area contributed by atoms with Crippen molar-refractivity contribution in [2.45, 2.75) is 0 Å². The molecular formula is C76H27Cl3N6O12. The summed E-state index contributed by atoms with van der Waals surface area (Å²) in [7, 11) is 0. The summed E-state index contributed by atoms with van der Waals surface area (Å²) in [6.07, 6.45) is 6.99. The zero-order chi connectivity index (χ0) is 65.8. The van der Waals surface area contributed by atoms with Crippen molar-refractivity contribution in [3.63, 3.8) is 0 Å². The van der Waals surface area contributed by atoms with Gasteiger partial charge in [0.25, 0.3) is 70.9 Å². The second kappa shape index (κ2) is 17.6. The molecule has 0 saturated heterocycles. The molecular weight excluding hydrogens is 1300 g/mol. The monoisotopic (exact) mass is 1320 g/mol. The molecule has 3 N–H and O–H groups in total. The van der Waals surface area contributed by atoms with E-state index in [1.54, 1.807) is 146 Å². The van der Waals surface area contributed by atoms with Crippen molar-refractivity contribution in [3.05, 3.63) is 210 Å². The molecule has 454 valence electrons. The molecule has 0 bridgehead atoms. The second-order valence-corrected chi connectivity index (χ2v) is 26.0. The van der Waals surface area contributed by atoms with Crippen LogP contribution in [0.25, 0.3) is 154 Å². The lowest BCUT2D eigenvalue weighted by atomic mass is 9.79. The van der Waals surface area contributed by atoms with Crippen molar-refractivity contribution in [1.29, 1.82) is 0 Å². The molecule has 18 nitrogen and oxygen atoms in total. The fourth-order valence-corrected chi connectivity index (χ4v) is 17.4. The van der Waals surface area contributed by atoms with Crippen LogP contribution < -0.4 is 16.0 Å². The topological polar surface area (TPSA) is 251 Å². The maximum Gasteiger partial charge on any atom is 0.276 e. The van der Waals surface area contributed by atoms with Gasteiger partial charge in [0.2, 0.25) is 0 Å². The molecule has 97 heavy (non-hydrogen) atoms. The number of nitrogens with zero attached hydrogens (tertiary/aromatic N) is 3. The minimum atomic E-state index is -0.842. The van der Waals surface area contributed by atoms with E-state index in [9.17, 15) is 57.5 Å². The molecule has 21 heteroatoms. The van der Waals surface area contributed by atoms with Crippen LogP contribution in [0.4, 0.5) is 0 Å². The van der Waals surface area contributed by atoms with Gasteiger partial charge >= 0.3 is 0 Å². The van der Waals surface area contributed by atoms with Gasteiger partial charge < -0.3 is 0 Å². The van der Waals surface area contributed by atoms with Crippen LogP contribution in [-0.2, 0) is 0 Å². The zero-order valence-corrected chi connectivity index (χ0v) is 51.0. The number of nitrogens with one attached hydrogen (secondary N) is 3. The number of rotatable bonds is 4. The highest BCUT2D eigenvalue weighted by Crippen LogP contribution is 2.53. The van der Waals surface area contributed by atoms with Crippen molar-refractivity contribution in [2.75, 3.05) is 0 Å². The van der Waals surface area contributed by atoms with Gasteiger partial charge in [-0.1, -0.05) is 72.8 Å². The fourth-order valence-electron chi connectivity index (χ4n) is 16.9. The maximum atomic E-state index is 14.8. The number of carbonyl (C=O) groups excluding carboxylic acids is 12. The lowest BCUT2D eigenvalue weighted by molar-refractivity contribution is 0.0711. The minimum absolute atomic E-state index is 0.0386. The molecule has 0 aliphatic carbocycles. The molecule has 0 spiro atoms. The Morgan fingerprint density at radius 2 is 0.402 bits per heavy atom. The van der Waals surface area contributed by atoms with Crippen LogP contribution >= 0.6 is 35.3 Å². The van der Waals surface area contributed by atoms with Gasteiger partial charge in [-0.25, -0.2) is 0 Å². The van der Waals surface area contributed by atoms with Gasteiger partial charge in [0.1, 0.15) is 0 Å². The van der Waals surface area contributed by atoms with E-state index in [1.165, 1.54) is 0 Å². The van der Waals surface area contributed by atoms with Crippen LogP contribution in [0.5, 0.6) is 0 Å². The van der Waals surface area contributed by atoms with Gasteiger partial charge in [-0.15, -0.1) is 0 Å². The van der Waals surface area contributed by atoms with Gasteiger partial charge in [0.15, 0.2) is 0 Å². The third kappa shape index (κ3) is 6.25. The number of imide groups is 6. The Hall–Kier alpha value is -12.6. The molecule has 0 fully saturated rings. The number of fused-ring (bicyclic) bond motifs is 6. The number of hydrogen-bond acceptors (Lipinski definition) is 12. The molecule has 21 rings (SSSR count). The van der Waals surface area contributed by atoms with E-state index >= 15 is 0 Å². The van der Waals surface area contributed by atoms with Crippen molar-refractivity contribution in [1.82, 2.24) is 29.2 Å². The van der Waals surface area contributed by atoms with Gasteiger partial charge in [-0.3, -0.25) is 73.5 Å². The van der Waals surface area contributed by atoms with Crippen LogP contribution in [0, 0.1) is 0 Å². The molecule has 6 aliphatic heterocycles. The Labute approximate surface area is 553 Å². The average molecular weight is 1320 g/mol. The SMILES string of the molecule is O=C1NC(=O)c2ccc3c4c(/C=C/c5cc6c7c(ccc8c9c(/C=C/c%10cc%11c%12c(ccc%13c%14ccc%15c%16c(ccc(c%10c%12%13)c%16%14)C(=O)N(Cl)C%15=O)C(=O)NC%11=O)cc%10c%11c(ccc(c5c78)c%119)C(=O)N(Cl)C%10=O)C(=O)NC6=O)cc5c6c(ccc(c7ccc1c2c73)c64)C(=O)N(Cl)C5=O. The first-order valence-electron chi connectivity index (χ1n) is 30.2. The van der Waals surface area contributed by atoms with Crippen LogP contribution in [-0.4, -0.2) is 84.1 Å². The Morgan fingerprint density at radius 1 is 0.206 bits per heavy atom. The summed E-state index contributed by atoms with van der Waals surface area (Å²) in [6, 6.07) is 33.4. The normalized spacial score (nSPS) is 16.1. The summed E-state index contributed by atoms with van der Waals surface area (Å²) in [5, 5.41) is 19.2. The summed E-state index contributed by atoms with van der Waals surface area (Å²) in [4.78, 5) is 169. The fraction of sp³-hybridized carbons (Fsp3) is 0. The first-order valence-corrected chi connectivity index (χ1v) is 31.2. The van der Waals surface area contributed by atoms with Crippen LogP contribution in [0.3, 0.4) is 0 Å². The predicted molar refractivity (Wildman–Crippen MR) is 365 cm³/mol. The highest BCUT2D eigenvalue weighted by atomic mass is 35.5. The largest absolute Gasteiger partial charge is 0.288 e. The summed E-state index contributed by atoms with van der Waals surface area (Å²) in [5.41, 5.74) is 3.62. The quantitative estimate of drug-likeness (QED) is 0.0489. The zero-order valence-electron chi connectivity index (χ0n) is 48.7. The van der Waals surface area contributed by atoms with Crippen molar-refractivity contribution < 1.29 is 57.5 Å². The Balaban J connectivity index is 0.873. The number of amides is 12. The Morgan fingerprint density at radius 3 is 0.711 bits per heavy atom. The predicted octanol–water partition coefficient (Wildman–Crippen LogP) is 14.1. The third-order valence-corrected chi connectivity index (χ3v) is 21.6. The lowest BCUT2D eigenvalue weighted by Gasteiger charge is -2.27. The highest BCUT2D eigenvalue weighted by Gasteiger charge is 2.41. The van der Waals surface area contributed by atoms with Crippen molar-refractivity contribution >= 4 is 260 Å². The molecule has 6 heterocycles. The van der Waals surface area contributed by atoms with E-state index in [0.717, 1.165) is 0 Å². The second-order valence-electron chi connectivity index (χ2n) is 25.0. The molecule has 15 aromatic carbocycles. The lowest BCUT2D eigenvalue weighted by Crippen LogP contribution is -2.34. The van der Waals surface area contributed by atoms with Gasteiger partial charge in [0, 0.05) is 123 Å². The number of hydrogen-bond donors (Lipinski definition) is 3. The minimum Gasteiger partial charge on any atom is -0.288 e. The van der Waals surface area contributed by atoms with E-state index in [4.69, 9.17) is 35.3 Å². The summed E-state index contributed by atoms with van der Waals surface area (Å²) in [5.74, 6) is -8.42. The maximum absolute atomic E-state index is 14.8. The summed E-state index contributed by atoms with van der Waals surface area (Å²) in [6.45, 7) is 0. The van der Waals surface area contributed by atoms with Crippen LogP contribution in [0.1, 0.15) is 147 Å². The first-order chi connectivity index (χ1) is 46.9. The van der Waals surface area contributed by atoms with Crippen LogP contribution in [0.15, 0.2) is 121 Å². The average Bonchev–Trinajstić information content (AvgIpc) is 0.695. The Bertz CT molecular complexity index is 6890. The van der Waals surface area contributed by atoms with Crippen LogP contribution in [0.2, 0.25) is 0 Å². The van der Waals surface area contributed by atoms with E-state index in [-0.39, 0.29) is 72.1 Å². The number of halogens is 3. The third-order valence-electron chi connectivity index (χ3n) is 20.7. The van der Waals surface area contributed by atoms with Crippen molar-refractivity contribution in [2.24, 2.45) is 0 Å². The molecule has 6 aliphatic rings. The molecule has 0 radical (unpaired) electrons. The van der Waals surface area contributed by atoms with E-state index in [1.807, 2.05) is 0 Å². The first kappa shape index (κ1) is 53.9. The van der Waals surface area contributed by atoms with E-state index < -0.39 is 70.9 Å². The number of carbonyl (C=O) groups is 12. The van der Waals surface area contributed by atoms with Gasteiger partial charge in [0.05, 0.1) is 11.1 Å². The Kier molecular flexibility index (Phi) is 9.77. The van der Waals surface area contributed by atoms with Gasteiger partial charge in [-0.2, -0.15) is 13.3 Å². The molecule has 0 saturated carbocycles. The summed E-state index contributed by atoms with van der Waals surface area (Å²) < 4.78 is 1.59.